The van der Waals surface area contributed by atoms with E-state index in [4.69, 9.17) is 11.6 Å². The fraction of sp³-hybridized carbons (Fsp3) is 0.316. The van der Waals surface area contributed by atoms with Gasteiger partial charge in [-0.15, -0.1) is 0 Å². The van der Waals surface area contributed by atoms with Crippen molar-refractivity contribution in [2.45, 2.75) is 18.6 Å². The van der Waals surface area contributed by atoms with E-state index in [1.54, 1.807) is 0 Å². The van der Waals surface area contributed by atoms with Crippen LogP contribution in [0.25, 0.3) is 0 Å². The Hall–Kier alpha value is -2.10. The first kappa shape index (κ1) is 21.6. The monoisotopic (exact) mass is 446 g/mol. The molecular formula is C19H18ClF3N2O3S. The predicted molar refractivity (Wildman–Crippen MR) is 103 cm³/mol. The van der Waals surface area contributed by atoms with Crippen LogP contribution < -0.4 is 5.32 Å². The number of piperidine rings is 1. The van der Waals surface area contributed by atoms with E-state index in [0.29, 0.717) is 0 Å². The molecule has 1 heterocycles. The molecule has 0 bridgehead atoms. The summed E-state index contributed by atoms with van der Waals surface area (Å²) in [4.78, 5) is 12.3. The standard InChI is InChI=1S/C19H18ClF3N2O3S/c20-15-2-1-3-16(21)14(15)11-29(27,28)25-8-6-12(7-9-25)19(26)24-13-4-5-17(22)18(23)10-13/h1-5,10,12H,6-9,11H2,(H,24,26). The van der Waals surface area contributed by atoms with Crippen LogP contribution in [0.15, 0.2) is 36.4 Å². The van der Waals surface area contributed by atoms with Crippen molar-refractivity contribution in [1.29, 1.82) is 0 Å². The third-order valence-corrected chi connectivity index (χ3v) is 6.95. The first-order chi connectivity index (χ1) is 13.7. The van der Waals surface area contributed by atoms with Crippen LogP contribution in [0.2, 0.25) is 5.02 Å². The fourth-order valence-electron chi connectivity index (χ4n) is 3.16. The minimum Gasteiger partial charge on any atom is -0.326 e. The van der Waals surface area contributed by atoms with Gasteiger partial charge in [-0.3, -0.25) is 4.79 Å². The van der Waals surface area contributed by atoms with Gasteiger partial charge in [-0.2, -0.15) is 0 Å². The zero-order valence-corrected chi connectivity index (χ0v) is 16.7. The molecule has 1 saturated heterocycles. The number of nitrogens with one attached hydrogen (secondary N) is 1. The molecule has 0 aromatic heterocycles. The lowest BCUT2D eigenvalue weighted by Crippen LogP contribution is -2.42. The van der Waals surface area contributed by atoms with E-state index >= 15 is 0 Å². The first-order valence-electron chi connectivity index (χ1n) is 8.84. The summed E-state index contributed by atoms with van der Waals surface area (Å²) in [6, 6.07) is 6.99. The molecule has 0 atom stereocenters. The van der Waals surface area contributed by atoms with Gasteiger partial charge in [0.05, 0.1) is 5.75 Å². The minimum absolute atomic E-state index is 0.0365. The Bertz CT molecular complexity index is 1010. The van der Waals surface area contributed by atoms with Crippen molar-refractivity contribution in [3.05, 3.63) is 64.4 Å². The van der Waals surface area contributed by atoms with E-state index in [-0.39, 0.29) is 42.2 Å². The SMILES string of the molecule is O=C(Nc1ccc(F)c(F)c1)C1CCN(S(=O)(=O)Cc2c(F)cccc2Cl)CC1. The number of benzene rings is 2. The molecule has 3 rings (SSSR count). The van der Waals surface area contributed by atoms with Gasteiger partial charge in [-0.25, -0.2) is 25.9 Å². The van der Waals surface area contributed by atoms with Gasteiger partial charge in [0, 0.05) is 41.3 Å². The van der Waals surface area contributed by atoms with Crippen molar-refractivity contribution in [3.8, 4) is 0 Å². The summed E-state index contributed by atoms with van der Waals surface area (Å²) in [7, 11) is -3.81. The van der Waals surface area contributed by atoms with Gasteiger partial charge in [0.2, 0.25) is 15.9 Å². The third-order valence-electron chi connectivity index (χ3n) is 4.79. The minimum atomic E-state index is -3.81. The lowest BCUT2D eigenvalue weighted by Gasteiger charge is -2.30. The van der Waals surface area contributed by atoms with E-state index < -0.39 is 45.1 Å². The van der Waals surface area contributed by atoms with E-state index in [1.165, 1.54) is 22.5 Å². The highest BCUT2D eigenvalue weighted by Crippen LogP contribution is 2.26. The third kappa shape index (κ3) is 5.09. The van der Waals surface area contributed by atoms with E-state index in [9.17, 15) is 26.4 Å². The summed E-state index contributed by atoms with van der Waals surface area (Å²) in [6.07, 6.45) is 0.499. The van der Waals surface area contributed by atoms with Crippen LogP contribution in [-0.2, 0) is 20.6 Å². The summed E-state index contributed by atoms with van der Waals surface area (Å²) >= 11 is 5.91. The normalized spacial score (nSPS) is 16.0. The van der Waals surface area contributed by atoms with Crippen LogP contribution in [-0.4, -0.2) is 31.7 Å². The van der Waals surface area contributed by atoms with Crippen molar-refractivity contribution in [3.63, 3.8) is 0 Å². The number of anilines is 1. The highest BCUT2D eigenvalue weighted by atomic mass is 35.5. The van der Waals surface area contributed by atoms with E-state index in [2.05, 4.69) is 5.32 Å². The van der Waals surface area contributed by atoms with Crippen molar-refractivity contribution < 1.29 is 26.4 Å². The molecule has 1 aliphatic heterocycles. The fourth-order valence-corrected chi connectivity index (χ4v) is 5.08. The Morgan fingerprint density at radius 2 is 1.76 bits per heavy atom. The van der Waals surface area contributed by atoms with Crippen LogP contribution in [0.3, 0.4) is 0 Å². The molecule has 5 nitrogen and oxygen atoms in total. The maximum atomic E-state index is 13.9. The molecule has 2 aromatic rings. The summed E-state index contributed by atoms with van der Waals surface area (Å²) in [5.41, 5.74) is 0.0329. The second-order valence-electron chi connectivity index (χ2n) is 6.75. The second-order valence-corrected chi connectivity index (χ2v) is 9.12. The summed E-state index contributed by atoms with van der Waals surface area (Å²) < 4.78 is 66.6. The van der Waals surface area contributed by atoms with Crippen molar-refractivity contribution in [2.24, 2.45) is 5.92 Å². The van der Waals surface area contributed by atoms with Crippen molar-refractivity contribution in [2.75, 3.05) is 18.4 Å². The topological polar surface area (TPSA) is 66.5 Å². The maximum absolute atomic E-state index is 13.9. The molecule has 1 aliphatic rings. The first-order valence-corrected chi connectivity index (χ1v) is 10.8. The number of carbonyl (C=O) groups excluding carboxylic acids is 1. The summed E-state index contributed by atoms with van der Waals surface area (Å²) in [6.45, 7) is 0.175. The summed E-state index contributed by atoms with van der Waals surface area (Å²) in [5.74, 6) is -4.23. The number of rotatable bonds is 5. The Labute approximate surface area is 171 Å². The Kier molecular flexibility index (Phi) is 6.50. The largest absolute Gasteiger partial charge is 0.326 e. The molecule has 29 heavy (non-hydrogen) atoms. The van der Waals surface area contributed by atoms with Crippen LogP contribution in [0.1, 0.15) is 18.4 Å². The lowest BCUT2D eigenvalue weighted by atomic mass is 9.97. The van der Waals surface area contributed by atoms with Gasteiger partial charge in [-0.05, 0) is 37.1 Å². The van der Waals surface area contributed by atoms with E-state index in [0.717, 1.165) is 18.2 Å². The van der Waals surface area contributed by atoms with Gasteiger partial charge in [0.25, 0.3) is 0 Å². The Morgan fingerprint density at radius 1 is 1.07 bits per heavy atom. The quantitative estimate of drug-likeness (QED) is 0.756. The maximum Gasteiger partial charge on any atom is 0.227 e. The molecule has 1 fully saturated rings. The molecule has 1 N–H and O–H groups in total. The smallest absolute Gasteiger partial charge is 0.227 e. The number of halogens is 4. The molecule has 0 unspecified atom stereocenters. The molecule has 0 radical (unpaired) electrons. The van der Waals surface area contributed by atoms with Crippen molar-refractivity contribution in [1.82, 2.24) is 4.31 Å². The zero-order chi connectivity index (χ0) is 21.2. The van der Waals surface area contributed by atoms with Crippen LogP contribution in [0, 0.1) is 23.4 Å². The average Bonchev–Trinajstić information content (AvgIpc) is 2.68. The second kappa shape index (κ2) is 8.73. The molecule has 156 valence electrons. The van der Waals surface area contributed by atoms with Crippen molar-refractivity contribution >= 4 is 33.2 Å². The number of hydrogen-bond acceptors (Lipinski definition) is 3. The summed E-state index contributed by atoms with van der Waals surface area (Å²) in [5, 5.41) is 2.54. The molecule has 0 aliphatic carbocycles. The van der Waals surface area contributed by atoms with Crippen LogP contribution in [0.5, 0.6) is 0 Å². The van der Waals surface area contributed by atoms with Gasteiger partial charge in [-0.1, -0.05) is 17.7 Å². The Morgan fingerprint density at radius 3 is 2.38 bits per heavy atom. The van der Waals surface area contributed by atoms with Gasteiger partial charge >= 0.3 is 0 Å². The van der Waals surface area contributed by atoms with E-state index in [1.807, 2.05) is 0 Å². The molecule has 0 spiro atoms. The molecule has 1 amide bonds. The number of hydrogen-bond donors (Lipinski definition) is 1. The van der Waals surface area contributed by atoms with Crippen LogP contribution >= 0.6 is 11.6 Å². The molecular weight excluding hydrogens is 429 g/mol. The number of sulfonamides is 1. The van der Waals surface area contributed by atoms with Gasteiger partial charge in [0.1, 0.15) is 5.82 Å². The predicted octanol–water partition coefficient (Wildman–Crippen LogP) is 3.94. The molecule has 10 heteroatoms. The number of amides is 1. The molecule has 2 aromatic carbocycles. The number of nitrogens with zero attached hydrogens (tertiary/aromatic N) is 1. The zero-order valence-electron chi connectivity index (χ0n) is 15.2. The van der Waals surface area contributed by atoms with Gasteiger partial charge in [0.15, 0.2) is 11.6 Å². The Balaban J connectivity index is 1.60. The average molecular weight is 447 g/mol. The van der Waals surface area contributed by atoms with Crippen LogP contribution in [0.4, 0.5) is 18.9 Å². The van der Waals surface area contributed by atoms with Gasteiger partial charge < -0.3 is 5.32 Å². The highest BCUT2D eigenvalue weighted by molar-refractivity contribution is 7.88. The molecule has 0 saturated carbocycles. The highest BCUT2D eigenvalue weighted by Gasteiger charge is 2.32. The number of carbonyl (C=O) groups is 1. The lowest BCUT2D eigenvalue weighted by molar-refractivity contribution is -0.120.